The van der Waals surface area contributed by atoms with Gasteiger partial charge in [0.2, 0.25) is 0 Å². The summed E-state index contributed by atoms with van der Waals surface area (Å²) in [5.74, 6) is -0.374. The van der Waals surface area contributed by atoms with Gasteiger partial charge in [0.1, 0.15) is 0 Å². The summed E-state index contributed by atoms with van der Waals surface area (Å²) in [6, 6.07) is 5.06. The highest BCUT2D eigenvalue weighted by molar-refractivity contribution is 6.31. The van der Waals surface area contributed by atoms with Crippen molar-refractivity contribution < 1.29 is 14.3 Å². The summed E-state index contributed by atoms with van der Waals surface area (Å²) in [6.07, 6.45) is 2.34. The minimum atomic E-state index is -0.374. The molecule has 0 spiro atoms. The fourth-order valence-corrected chi connectivity index (χ4v) is 2.15. The normalized spacial score (nSPS) is 18.7. The van der Waals surface area contributed by atoms with Crippen molar-refractivity contribution in [3.63, 3.8) is 0 Å². The smallest absolute Gasteiger partial charge is 0.339 e. The SMILES string of the molecule is COC(=O)c1ccc(Cl)cc1NCC1CCCO1. The van der Waals surface area contributed by atoms with E-state index in [2.05, 4.69) is 5.32 Å². The third-order valence-electron chi connectivity index (χ3n) is 2.93. The van der Waals surface area contributed by atoms with E-state index in [1.54, 1.807) is 18.2 Å². The zero-order chi connectivity index (χ0) is 13.0. The number of carbonyl (C=O) groups is 1. The van der Waals surface area contributed by atoms with Gasteiger partial charge in [-0.1, -0.05) is 11.6 Å². The van der Waals surface area contributed by atoms with Crippen LogP contribution in [0.1, 0.15) is 23.2 Å². The van der Waals surface area contributed by atoms with E-state index in [0.717, 1.165) is 19.4 Å². The van der Waals surface area contributed by atoms with Crippen molar-refractivity contribution in [2.75, 3.05) is 25.6 Å². The minimum absolute atomic E-state index is 0.203. The Labute approximate surface area is 111 Å². The number of benzene rings is 1. The topological polar surface area (TPSA) is 47.6 Å². The molecule has 0 amide bonds. The Morgan fingerprint density at radius 1 is 1.61 bits per heavy atom. The zero-order valence-electron chi connectivity index (χ0n) is 10.2. The average Bonchev–Trinajstić information content (AvgIpc) is 2.88. The van der Waals surface area contributed by atoms with E-state index in [1.807, 2.05) is 0 Å². The summed E-state index contributed by atoms with van der Waals surface area (Å²) in [4.78, 5) is 11.6. The molecule has 98 valence electrons. The Balaban J connectivity index is 2.08. The monoisotopic (exact) mass is 269 g/mol. The van der Waals surface area contributed by atoms with E-state index >= 15 is 0 Å². The summed E-state index contributed by atoms with van der Waals surface area (Å²) in [6.45, 7) is 1.48. The van der Waals surface area contributed by atoms with Crippen LogP contribution < -0.4 is 5.32 Å². The molecule has 1 atom stereocenters. The Kier molecular flexibility index (Phi) is 4.44. The molecule has 1 aromatic carbocycles. The van der Waals surface area contributed by atoms with Gasteiger partial charge in [-0.05, 0) is 31.0 Å². The first-order chi connectivity index (χ1) is 8.70. The Hall–Kier alpha value is -1.26. The third kappa shape index (κ3) is 3.15. The number of esters is 1. The van der Waals surface area contributed by atoms with Crippen molar-refractivity contribution in [3.8, 4) is 0 Å². The van der Waals surface area contributed by atoms with Crippen molar-refractivity contribution in [3.05, 3.63) is 28.8 Å². The standard InChI is InChI=1S/C13H16ClNO3/c1-17-13(16)11-5-4-9(14)7-12(11)15-8-10-3-2-6-18-10/h4-5,7,10,15H,2-3,6,8H2,1H3. The van der Waals surface area contributed by atoms with Crippen LogP contribution in [0.15, 0.2) is 18.2 Å². The van der Waals surface area contributed by atoms with Gasteiger partial charge in [0.05, 0.1) is 24.5 Å². The summed E-state index contributed by atoms with van der Waals surface area (Å²) >= 11 is 5.94. The average molecular weight is 270 g/mol. The van der Waals surface area contributed by atoms with Crippen molar-refractivity contribution >= 4 is 23.3 Å². The number of ether oxygens (including phenoxy) is 2. The number of methoxy groups -OCH3 is 1. The number of halogens is 1. The first-order valence-corrected chi connectivity index (χ1v) is 6.32. The highest BCUT2D eigenvalue weighted by Gasteiger charge is 2.17. The Bertz CT molecular complexity index is 430. The molecule has 1 heterocycles. The first kappa shape index (κ1) is 13.2. The highest BCUT2D eigenvalue weighted by atomic mass is 35.5. The maximum atomic E-state index is 11.6. The molecular formula is C13H16ClNO3. The molecule has 1 aromatic rings. The molecule has 1 saturated heterocycles. The summed E-state index contributed by atoms with van der Waals surface area (Å²) in [5, 5.41) is 3.78. The van der Waals surface area contributed by atoms with Crippen molar-refractivity contribution in [1.82, 2.24) is 0 Å². The van der Waals surface area contributed by atoms with Crippen LogP contribution in [0.25, 0.3) is 0 Å². The number of anilines is 1. The molecule has 1 unspecified atom stereocenters. The van der Waals surface area contributed by atoms with Gasteiger partial charge in [-0.15, -0.1) is 0 Å². The number of nitrogens with one attached hydrogen (secondary N) is 1. The molecule has 0 radical (unpaired) electrons. The molecule has 0 aromatic heterocycles. The summed E-state index contributed by atoms with van der Waals surface area (Å²) < 4.78 is 10.3. The molecule has 0 bridgehead atoms. The fraction of sp³-hybridized carbons (Fsp3) is 0.462. The molecule has 1 aliphatic heterocycles. The van der Waals surface area contributed by atoms with Crippen LogP contribution in [-0.2, 0) is 9.47 Å². The van der Waals surface area contributed by atoms with Crippen LogP contribution >= 0.6 is 11.6 Å². The molecule has 1 N–H and O–H groups in total. The second kappa shape index (κ2) is 6.07. The second-order valence-electron chi connectivity index (χ2n) is 4.20. The van der Waals surface area contributed by atoms with E-state index in [-0.39, 0.29) is 12.1 Å². The second-order valence-corrected chi connectivity index (χ2v) is 4.63. The maximum absolute atomic E-state index is 11.6. The number of hydrogen-bond acceptors (Lipinski definition) is 4. The van der Waals surface area contributed by atoms with Crippen LogP contribution in [0, 0.1) is 0 Å². The lowest BCUT2D eigenvalue weighted by Crippen LogP contribution is -2.20. The molecule has 4 nitrogen and oxygen atoms in total. The molecule has 0 aliphatic carbocycles. The maximum Gasteiger partial charge on any atom is 0.339 e. The van der Waals surface area contributed by atoms with Gasteiger partial charge >= 0.3 is 5.97 Å². The lowest BCUT2D eigenvalue weighted by Gasteiger charge is -2.14. The fourth-order valence-electron chi connectivity index (χ4n) is 1.98. The number of carbonyl (C=O) groups excluding carboxylic acids is 1. The van der Waals surface area contributed by atoms with Gasteiger partial charge in [0.25, 0.3) is 0 Å². The van der Waals surface area contributed by atoms with Crippen LogP contribution in [0.2, 0.25) is 5.02 Å². The predicted molar refractivity (Wildman–Crippen MR) is 70.3 cm³/mol. The van der Waals surface area contributed by atoms with E-state index in [0.29, 0.717) is 22.8 Å². The molecule has 1 aliphatic rings. The van der Waals surface area contributed by atoms with Gasteiger partial charge < -0.3 is 14.8 Å². The van der Waals surface area contributed by atoms with Gasteiger partial charge in [-0.3, -0.25) is 0 Å². The molecule has 2 rings (SSSR count). The van der Waals surface area contributed by atoms with E-state index in [9.17, 15) is 4.79 Å². The molecule has 18 heavy (non-hydrogen) atoms. The van der Waals surface area contributed by atoms with E-state index in [4.69, 9.17) is 21.1 Å². The highest BCUT2D eigenvalue weighted by Crippen LogP contribution is 2.23. The van der Waals surface area contributed by atoms with Gasteiger partial charge in [-0.2, -0.15) is 0 Å². The third-order valence-corrected chi connectivity index (χ3v) is 3.17. The van der Waals surface area contributed by atoms with Crippen LogP contribution in [0.3, 0.4) is 0 Å². The van der Waals surface area contributed by atoms with Crippen LogP contribution in [0.4, 0.5) is 5.69 Å². The van der Waals surface area contributed by atoms with Crippen LogP contribution in [0.5, 0.6) is 0 Å². The van der Waals surface area contributed by atoms with Crippen molar-refractivity contribution in [1.29, 1.82) is 0 Å². The number of hydrogen-bond donors (Lipinski definition) is 1. The summed E-state index contributed by atoms with van der Waals surface area (Å²) in [7, 11) is 1.36. The molecule has 5 heteroatoms. The van der Waals surface area contributed by atoms with Crippen molar-refractivity contribution in [2.24, 2.45) is 0 Å². The quantitative estimate of drug-likeness (QED) is 0.854. The van der Waals surface area contributed by atoms with Crippen molar-refractivity contribution in [2.45, 2.75) is 18.9 Å². The largest absolute Gasteiger partial charge is 0.465 e. The predicted octanol–water partition coefficient (Wildman–Crippen LogP) is 2.72. The van der Waals surface area contributed by atoms with E-state index in [1.165, 1.54) is 7.11 Å². The Morgan fingerprint density at radius 2 is 2.44 bits per heavy atom. The lowest BCUT2D eigenvalue weighted by atomic mass is 10.1. The molecule has 0 saturated carbocycles. The number of rotatable bonds is 4. The van der Waals surface area contributed by atoms with Gasteiger partial charge in [-0.25, -0.2) is 4.79 Å². The van der Waals surface area contributed by atoms with Gasteiger partial charge in [0, 0.05) is 18.2 Å². The van der Waals surface area contributed by atoms with Crippen LogP contribution in [-0.4, -0.2) is 32.3 Å². The van der Waals surface area contributed by atoms with Gasteiger partial charge in [0.15, 0.2) is 0 Å². The van der Waals surface area contributed by atoms with E-state index < -0.39 is 0 Å². The minimum Gasteiger partial charge on any atom is -0.465 e. The molecule has 1 fully saturated rings. The Morgan fingerprint density at radius 3 is 3.11 bits per heavy atom. The zero-order valence-corrected chi connectivity index (χ0v) is 11.0. The molecular weight excluding hydrogens is 254 g/mol. The summed E-state index contributed by atoms with van der Waals surface area (Å²) in [5.41, 5.74) is 1.17. The lowest BCUT2D eigenvalue weighted by molar-refractivity contribution is 0.0601. The first-order valence-electron chi connectivity index (χ1n) is 5.94.